The summed E-state index contributed by atoms with van der Waals surface area (Å²) in [7, 11) is 0. The van der Waals surface area contributed by atoms with Crippen LogP contribution in [0, 0.1) is 10.1 Å². The first-order valence-corrected chi connectivity index (χ1v) is 5.98. The monoisotopic (exact) mass is 272 g/mol. The molecule has 3 N–H and O–H groups in total. The molecule has 3 rings (SSSR count). The van der Waals surface area contributed by atoms with Crippen molar-refractivity contribution in [2.75, 3.05) is 0 Å². The average molecular weight is 272 g/mol. The van der Waals surface area contributed by atoms with Gasteiger partial charge < -0.3 is 5.73 Å². The summed E-state index contributed by atoms with van der Waals surface area (Å²) in [6.07, 6.45) is 7.14. The largest absolute Gasteiger partial charge is 0.326 e. The second-order valence-corrected chi connectivity index (χ2v) is 4.32. The van der Waals surface area contributed by atoms with Gasteiger partial charge in [-0.05, 0) is 23.3 Å². The molecule has 1 aromatic rings. The predicted molar refractivity (Wildman–Crippen MR) is 72.2 cm³/mol. The van der Waals surface area contributed by atoms with Gasteiger partial charge >= 0.3 is 0 Å². The van der Waals surface area contributed by atoms with E-state index in [2.05, 4.69) is 5.48 Å². The maximum atomic E-state index is 11.1. The van der Waals surface area contributed by atoms with Crippen molar-refractivity contribution in [2.24, 2.45) is 5.73 Å². The van der Waals surface area contributed by atoms with Crippen LogP contribution < -0.4 is 11.2 Å². The van der Waals surface area contributed by atoms with Crippen LogP contribution in [-0.4, -0.2) is 9.99 Å². The number of fused-ring (bicyclic) bond motifs is 1. The molecule has 2 heterocycles. The minimum absolute atomic E-state index is 0.0384. The number of benzene rings is 1. The fourth-order valence-corrected chi connectivity index (χ4v) is 2.10. The van der Waals surface area contributed by atoms with Crippen LogP contribution >= 0.6 is 0 Å². The minimum Gasteiger partial charge on any atom is -0.326 e. The molecular formula is C13H12N4O3. The van der Waals surface area contributed by atoms with Gasteiger partial charge in [0.05, 0.1) is 16.8 Å². The number of hydrogen-bond donors (Lipinski definition) is 2. The van der Waals surface area contributed by atoms with Gasteiger partial charge in [-0.2, -0.15) is 4.94 Å². The van der Waals surface area contributed by atoms with Gasteiger partial charge in [0, 0.05) is 24.4 Å². The van der Waals surface area contributed by atoms with E-state index >= 15 is 0 Å². The Labute approximate surface area is 114 Å². The van der Waals surface area contributed by atoms with Crippen molar-refractivity contribution >= 4 is 11.3 Å². The first-order chi connectivity index (χ1) is 9.69. The van der Waals surface area contributed by atoms with Gasteiger partial charge in [-0.1, -0.05) is 12.1 Å². The number of allylic oxidation sites excluding steroid dienone is 3. The molecule has 0 aromatic heterocycles. The van der Waals surface area contributed by atoms with Gasteiger partial charge in [-0.3, -0.25) is 10.1 Å². The molecule has 20 heavy (non-hydrogen) atoms. The highest BCUT2D eigenvalue weighted by Crippen LogP contribution is 2.29. The van der Waals surface area contributed by atoms with Crippen LogP contribution in [0.3, 0.4) is 0 Å². The lowest BCUT2D eigenvalue weighted by Crippen LogP contribution is -2.15. The van der Waals surface area contributed by atoms with E-state index < -0.39 is 4.92 Å². The highest BCUT2D eigenvalue weighted by atomic mass is 16.8. The Hall–Kier alpha value is -2.64. The minimum atomic E-state index is -0.412. The zero-order valence-corrected chi connectivity index (χ0v) is 10.4. The second-order valence-electron chi connectivity index (χ2n) is 4.32. The van der Waals surface area contributed by atoms with Gasteiger partial charge in [-0.25, -0.2) is 10.5 Å². The molecule has 1 aromatic carbocycles. The Morgan fingerprint density at radius 2 is 2.30 bits per heavy atom. The van der Waals surface area contributed by atoms with E-state index in [-0.39, 0.29) is 12.2 Å². The summed E-state index contributed by atoms with van der Waals surface area (Å²) in [6.45, 7) is 0.141. The first-order valence-electron chi connectivity index (χ1n) is 5.98. The fourth-order valence-electron chi connectivity index (χ4n) is 2.10. The zero-order chi connectivity index (χ0) is 14.1. The van der Waals surface area contributed by atoms with Crippen molar-refractivity contribution in [1.82, 2.24) is 10.5 Å². The molecule has 2 aliphatic rings. The lowest BCUT2D eigenvalue weighted by molar-refractivity contribution is -0.385. The molecule has 0 atom stereocenters. The molecule has 7 heteroatoms. The summed E-state index contributed by atoms with van der Waals surface area (Å²) in [5, 5.41) is 12.6. The molecule has 7 nitrogen and oxygen atoms in total. The fraction of sp³-hybridized carbons (Fsp3) is 0.0769. The van der Waals surface area contributed by atoms with E-state index in [1.807, 2.05) is 18.2 Å². The number of nitrogens with zero attached hydrogens (tertiary/aromatic N) is 2. The highest BCUT2D eigenvalue weighted by molar-refractivity contribution is 5.78. The Morgan fingerprint density at radius 3 is 3.05 bits per heavy atom. The van der Waals surface area contributed by atoms with Gasteiger partial charge in [0.15, 0.2) is 0 Å². The first kappa shape index (κ1) is 12.4. The Morgan fingerprint density at radius 1 is 1.45 bits per heavy atom. The SMILES string of the molecule is NCc1ccc(C2=CC3=CNON3C=C2)cc1[N+](=O)[O-]. The van der Waals surface area contributed by atoms with E-state index in [4.69, 9.17) is 10.7 Å². The van der Waals surface area contributed by atoms with E-state index in [1.54, 1.807) is 23.5 Å². The molecule has 0 saturated carbocycles. The normalized spacial score (nSPS) is 16.4. The molecule has 0 aliphatic carbocycles. The number of nitro benzene ring substituents is 1. The van der Waals surface area contributed by atoms with Gasteiger partial charge in [0.1, 0.15) is 0 Å². The van der Waals surface area contributed by atoms with Crippen LogP contribution in [0.4, 0.5) is 5.69 Å². The van der Waals surface area contributed by atoms with E-state index in [9.17, 15) is 10.1 Å². The average Bonchev–Trinajstić information content (AvgIpc) is 2.93. The lowest BCUT2D eigenvalue weighted by atomic mass is 10.00. The highest BCUT2D eigenvalue weighted by Gasteiger charge is 2.19. The molecule has 102 valence electrons. The second kappa shape index (κ2) is 4.80. The summed E-state index contributed by atoms with van der Waals surface area (Å²) >= 11 is 0. The van der Waals surface area contributed by atoms with Crippen LogP contribution in [0.1, 0.15) is 11.1 Å². The van der Waals surface area contributed by atoms with Gasteiger partial charge in [0.25, 0.3) is 5.69 Å². The van der Waals surface area contributed by atoms with Gasteiger partial charge in [-0.15, -0.1) is 0 Å². The summed E-state index contributed by atoms with van der Waals surface area (Å²) < 4.78 is 0. The standard InChI is InChI=1S/C13H12N4O3/c14-7-11-2-1-9(6-13(11)17(18)19)10-3-4-16-12(5-10)8-15-20-16/h1-6,8,15H,7,14H2. The molecular weight excluding hydrogens is 260 g/mol. The number of rotatable bonds is 3. The Bertz CT molecular complexity index is 664. The smallest absolute Gasteiger partial charge is 0.274 e. The van der Waals surface area contributed by atoms with E-state index in [1.165, 1.54) is 6.07 Å². The number of nitrogens with two attached hydrogens (primary N) is 1. The maximum absolute atomic E-state index is 11.1. The van der Waals surface area contributed by atoms with Gasteiger partial charge in [0.2, 0.25) is 0 Å². The molecule has 2 aliphatic heterocycles. The molecule has 0 spiro atoms. The lowest BCUT2D eigenvalue weighted by Gasteiger charge is -2.17. The molecule has 0 radical (unpaired) electrons. The van der Waals surface area contributed by atoms with Crippen molar-refractivity contribution in [3.05, 3.63) is 69.7 Å². The number of nitro groups is 1. The zero-order valence-electron chi connectivity index (χ0n) is 10.4. The summed E-state index contributed by atoms with van der Waals surface area (Å²) in [5.41, 5.74) is 11.2. The van der Waals surface area contributed by atoms with E-state index in [0.717, 1.165) is 16.8 Å². The molecule has 0 fully saturated rings. The van der Waals surface area contributed by atoms with Crippen molar-refractivity contribution in [3.63, 3.8) is 0 Å². The van der Waals surface area contributed by atoms with Crippen LogP contribution in [0.2, 0.25) is 0 Å². The van der Waals surface area contributed by atoms with Crippen molar-refractivity contribution in [1.29, 1.82) is 0 Å². The maximum Gasteiger partial charge on any atom is 0.274 e. The molecule has 0 amide bonds. The van der Waals surface area contributed by atoms with Crippen molar-refractivity contribution in [2.45, 2.75) is 6.54 Å². The topological polar surface area (TPSA) is 93.7 Å². The third-order valence-electron chi connectivity index (χ3n) is 3.14. The number of hydroxylamine groups is 3. The van der Waals surface area contributed by atoms with Crippen LogP contribution in [0.25, 0.3) is 5.57 Å². The Kier molecular flexibility index (Phi) is 2.97. The number of nitrogens with one attached hydrogen (secondary N) is 1. The van der Waals surface area contributed by atoms with Crippen LogP contribution in [0.5, 0.6) is 0 Å². The Balaban J connectivity index is 2.01. The van der Waals surface area contributed by atoms with Crippen molar-refractivity contribution in [3.8, 4) is 0 Å². The van der Waals surface area contributed by atoms with Crippen LogP contribution in [0.15, 0.2) is 48.4 Å². The summed E-state index contributed by atoms with van der Waals surface area (Å²) in [5.74, 6) is 0. The van der Waals surface area contributed by atoms with E-state index in [0.29, 0.717) is 5.56 Å². The molecule has 0 saturated heterocycles. The molecule has 0 bridgehead atoms. The third kappa shape index (κ3) is 2.04. The summed E-state index contributed by atoms with van der Waals surface area (Å²) in [6, 6.07) is 5.05. The quantitative estimate of drug-likeness (QED) is 0.640. The number of hydrogen-bond acceptors (Lipinski definition) is 6. The predicted octanol–water partition coefficient (Wildman–Crippen LogP) is 1.56. The van der Waals surface area contributed by atoms with Crippen molar-refractivity contribution < 1.29 is 9.86 Å². The van der Waals surface area contributed by atoms with Crippen LogP contribution in [-0.2, 0) is 11.5 Å². The molecule has 0 unspecified atom stereocenters. The third-order valence-corrected chi connectivity index (χ3v) is 3.14. The summed E-state index contributed by atoms with van der Waals surface area (Å²) in [4.78, 5) is 15.7.